The molecule has 6 N–H and O–H groups in total. The van der Waals surface area contributed by atoms with Gasteiger partial charge in [0.05, 0.1) is 25.4 Å². The SMILES string of the molecule is CCCCC/C=C\C/C=C\CCCCCCCCCCCC(=O)NC(COC1OC(CO)C(O)C(O)C1O)C(O)/C=C/CCCCCCCCCCCCCCCCCCCCCC. The molecular weight excluding hydrogens is 803 g/mol. The number of allylic oxidation sites excluding steroid dienone is 5. The number of carbonyl (C=O) groups excluding carboxylic acids is 1. The molecule has 9 heteroatoms. The molecule has 376 valence electrons. The number of hydrogen-bond donors (Lipinski definition) is 6. The molecule has 64 heavy (non-hydrogen) atoms. The van der Waals surface area contributed by atoms with Crippen molar-refractivity contribution >= 4 is 5.91 Å². The van der Waals surface area contributed by atoms with Crippen molar-refractivity contribution < 1.29 is 39.8 Å². The number of carbonyl (C=O) groups is 1. The van der Waals surface area contributed by atoms with Gasteiger partial charge in [-0.1, -0.05) is 230 Å². The predicted octanol–water partition coefficient (Wildman–Crippen LogP) is 12.8. The summed E-state index contributed by atoms with van der Waals surface area (Å²) in [6.45, 7) is 3.77. The fraction of sp³-hybridized carbons (Fsp3) is 0.873. The molecule has 1 amide bonds. The third-order valence-electron chi connectivity index (χ3n) is 13.0. The molecule has 1 saturated heterocycles. The average Bonchev–Trinajstić information content (AvgIpc) is 3.29. The molecule has 7 unspecified atom stereocenters. The van der Waals surface area contributed by atoms with Crippen LogP contribution in [0, 0.1) is 0 Å². The molecule has 1 aliphatic heterocycles. The van der Waals surface area contributed by atoms with E-state index in [1.165, 1.54) is 186 Å². The van der Waals surface area contributed by atoms with Crippen LogP contribution < -0.4 is 5.32 Å². The third-order valence-corrected chi connectivity index (χ3v) is 13.0. The number of unbranched alkanes of at least 4 members (excludes halogenated alkanes) is 32. The minimum Gasteiger partial charge on any atom is -0.394 e. The van der Waals surface area contributed by atoms with Crippen molar-refractivity contribution in [3.63, 3.8) is 0 Å². The Kier molecular flexibility index (Phi) is 42.7. The quantitative estimate of drug-likeness (QED) is 0.0261. The summed E-state index contributed by atoms with van der Waals surface area (Å²) in [6.07, 6.45) is 50.5. The summed E-state index contributed by atoms with van der Waals surface area (Å²) < 4.78 is 11.3. The lowest BCUT2D eigenvalue weighted by molar-refractivity contribution is -0.302. The molecule has 1 rings (SSSR count). The van der Waals surface area contributed by atoms with Crippen LogP contribution in [-0.2, 0) is 14.3 Å². The summed E-state index contributed by atoms with van der Waals surface area (Å²) in [5.74, 6) is -0.180. The van der Waals surface area contributed by atoms with Gasteiger partial charge < -0.3 is 40.3 Å². The van der Waals surface area contributed by atoms with Crippen LogP contribution >= 0.6 is 0 Å². The van der Waals surface area contributed by atoms with Gasteiger partial charge in [0.15, 0.2) is 6.29 Å². The summed E-state index contributed by atoms with van der Waals surface area (Å²) in [5.41, 5.74) is 0. The number of ether oxygens (including phenoxy) is 2. The van der Waals surface area contributed by atoms with E-state index in [1.807, 2.05) is 6.08 Å². The Hall–Kier alpha value is -1.59. The van der Waals surface area contributed by atoms with Gasteiger partial charge >= 0.3 is 0 Å². The van der Waals surface area contributed by atoms with E-state index >= 15 is 0 Å². The lowest BCUT2D eigenvalue weighted by Gasteiger charge is -2.40. The Morgan fingerprint density at radius 3 is 1.38 bits per heavy atom. The van der Waals surface area contributed by atoms with E-state index in [-0.39, 0.29) is 12.5 Å². The maximum absolute atomic E-state index is 13.0. The summed E-state index contributed by atoms with van der Waals surface area (Å²) in [7, 11) is 0. The Balaban J connectivity index is 2.27. The van der Waals surface area contributed by atoms with Crippen molar-refractivity contribution in [3.05, 3.63) is 36.5 Å². The first-order valence-electron chi connectivity index (χ1n) is 27.2. The molecule has 0 bridgehead atoms. The van der Waals surface area contributed by atoms with Crippen LogP contribution in [0.1, 0.15) is 251 Å². The number of nitrogens with one attached hydrogen (secondary N) is 1. The highest BCUT2D eigenvalue weighted by Crippen LogP contribution is 2.23. The zero-order valence-corrected chi connectivity index (χ0v) is 41.5. The summed E-state index contributed by atoms with van der Waals surface area (Å²) in [6, 6.07) is -0.807. The smallest absolute Gasteiger partial charge is 0.220 e. The highest BCUT2D eigenvalue weighted by molar-refractivity contribution is 5.76. The molecule has 1 fully saturated rings. The number of rotatable bonds is 46. The Labute approximate surface area is 393 Å². The van der Waals surface area contributed by atoms with Crippen LogP contribution in [0.25, 0.3) is 0 Å². The Morgan fingerprint density at radius 1 is 0.531 bits per heavy atom. The molecule has 7 atom stereocenters. The predicted molar refractivity (Wildman–Crippen MR) is 267 cm³/mol. The van der Waals surface area contributed by atoms with Gasteiger partial charge in [0.1, 0.15) is 24.4 Å². The molecule has 0 aliphatic carbocycles. The van der Waals surface area contributed by atoms with E-state index in [2.05, 4.69) is 43.5 Å². The van der Waals surface area contributed by atoms with Gasteiger partial charge in [0.25, 0.3) is 0 Å². The summed E-state index contributed by atoms with van der Waals surface area (Å²) in [5, 5.41) is 54.4. The van der Waals surface area contributed by atoms with Gasteiger partial charge in [-0.3, -0.25) is 4.79 Å². The highest BCUT2D eigenvalue weighted by atomic mass is 16.7. The van der Waals surface area contributed by atoms with E-state index in [0.29, 0.717) is 6.42 Å². The first kappa shape index (κ1) is 60.4. The number of amides is 1. The van der Waals surface area contributed by atoms with E-state index in [9.17, 15) is 30.3 Å². The van der Waals surface area contributed by atoms with Crippen molar-refractivity contribution in [2.24, 2.45) is 0 Å². The summed E-state index contributed by atoms with van der Waals surface area (Å²) in [4.78, 5) is 13.0. The van der Waals surface area contributed by atoms with Crippen LogP contribution in [0.15, 0.2) is 36.5 Å². The van der Waals surface area contributed by atoms with Crippen LogP contribution in [-0.4, -0.2) is 87.5 Å². The molecule has 1 heterocycles. The molecule has 1 aliphatic rings. The molecule has 0 radical (unpaired) electrons. The average molecular weight is 906 g/mol. The molecule has 0 aromatic heterocycles. The molecule has 0 spiro atoms. The van der Waals surface area contributed by atoms with E-state index in [4.69, 9.17) is 9.47 Å². The lowest BCUT2D eigenvalue weighted by atomic mass is 9.99. The normalized spacial score (nSPS) is 20.3. The second-order valence-electron chi connectivity index (χ2n) is 19.0. The second-order valence-corrected chi connectivity index (χ2v) is 19.0. The second kappa shape index (κ2) is 45.2. The molecular formula is C55H103NO8. The van der Waals surface area contributed by atoms with Gasteiger partial charge in [-0.2, -0.15) is 0 Å². The van der Waals surface area contributed by atoms with Crippen molar-refractivity contribution in [3.8, 4) is 0 Å². The van der Waals surface area contributed by atoms with Gasteiger partial charge in [-0.15, -0.1) is 0 Å². The van der Waals surface area contributed by atoms with E-state index < -0.39 is 49.5 Å². The first-order chi connectivity index (χ1) is 31.3. The fourth-order valence-electron chi connectivity index (χ4n) is 8.60. The van der Waals surface area contributed by atoms with Crippen LogP contribution in [0.3, 0.4) is 0 Å². The van der Waals surface area contributed by atoms with Crippen molar-refractivity contribution in [1.82, 2.24) is 5.32 Å². The Bertz CT molecular complexity index is 1100. The van der Waals surface area contributed by atoms with Gasteiger partial charge in [0, 0.05) is 6.42 Å². The maximum atomic E-state index is 13.0. The topological polar surface area (TPSA) is 149 Å². The molecule has 0 saturated carbocycles. The lowest BCUT2D eigenvalue weighted by Crippen LogP contribution is -2.60. The fourth-order valence-corrected chi connectivity index (χ4v) is 8.60. The van der Waals surface area contributed by atoms with Gasteiger partial charge in [-0.25, -0.2) is 0 Å². The standard InChI is InChI=1S/C55H103NO8/c1-3-5-7-9-11-13-15-17-19-21-23-24-25-27-28-30-32-34-36-38-40-42-44-49(58)48(47-63-55-54(62)53(61)52(60)50(46-57)64-55)56-51(59)45-43-41-39-37-35-33-31-29-26-22-20-18-16-14-12-10-8-6-4-2/h12,14,18,20,42,44,48-50,52-55,57-58,60-62H,3-11,13,15-17,19,21-41,43,45-47H2,1-2H3,(H,56,59)/b14-12-,20-18-,44-42+. The first-order valence-corrected chi connectivity index (χ1v) is 27.2. The van der Waals surface area contributed by atoms with Gasteiger partial charge in [0.2, 0.25) is 5.91 Å². The van der Waals surface area contributed by atoms with Crippen molar-refractivity contribution in [2.45, 2.75) is 294 Å². The maximum Gasteiger partial charge on any atom is 0.220 e. The monoisotopic (exact) mass is 906 g/mol. The number of aliphatic hydroxyl groups excluding tert-OH is 5. The van der Waals surface area contributed by atoms with Crippen molar-refractivity contribution in [2.75, 3.05) is 13.2 Å². The number of hydrogen-bond acceptors (Lipinski definition) is 8. The highest BCUT2D eigenvalue weighted by Gasteiger charge is 2.44. The van der Waals surface area contributed by atoms with Crippen LogP contribution in [0.2, 0.25) is 0 Å². The van der Waals surface area contributed by atoms with E-state index in [1.54, 1.807) is 6.08 Å². The number of aliphatic hydroxyl groups is 5. The third kappa shape index (κ3) is 34.7. The van der Waals surface area contributed by atoms with Crippen LogP contribution in [0.4, 0.5) is 0 Å². The molecule has 0 aromatic rings. The van der Waals surface area contributed by atoms with Gasteiger partial charge in [-0.05, 0) is 51.4 Å². The molecule has 0 aromatic carbocycles. The largest absolute Gasteiger partial charge is 0.394 e. The Morgan fingerprint density at radius 2 is 0.922 bits per heavy atom. The van der Waals surface area contributed by atoms with E-state index in [0.717, 1.165) is 44.9 Å². The zero-order valence-electron chi connectivity index (χ0n) is 41.5. The zero-order chi connectivity index (χ0) is 46.6. The minimum absolute atomic E-state index is 0.180. The van der Waals surface area contributed by atoms with Crippen molar-refractivity contribution in [1.29, 1.82) is 0 Å². The molecule has 9 nitrogen and oxygen atoms in total. The summed E-state index contributed by atoms with van der Waals surface area (Å²) >= 11 is 0. The van der Waals surface area contributed by atoms with Crippen LogP contribution in [0.5, 0.6) is 0 Å². The minimum atomic E-state index is -1.57.